The van der Waals surface area contributed by atoms with E-state index in [4.69, 9.17) is 20.5 Å². The van der Waals surface area contributed by atoms with Gasteiger partial charge < -0.3 is 8.85 Å². The van der Waals surface area contributed by atoms with E-state index in [9.17, 15) is 0 Å². The van der Waals surface area contributed by atoms with Gasteiger partial charge in [-0.1, -0.05) is 13.3 Å². The van der Waals surface area contributed by atoms with Crippen LogP contribution >= 0.6 is 11.6 Å². The van der Waals surface area contributed by atoms with Crippen LogP contribution in [-0.4, -0.2) is 26.3 Å². The van der Waals surface area contributed by atoms with Crippen LogP contribution in [0.3, 0.4) is 0 Å². The lowest BCUT2D eigenvalue weighted by molar-refractivity contribution is 0.108. The molecule has 0 spiro atoms. The molecule has 0 unspecified atom stereocenters. The van der Waals surface area contributed by atoms with Crippen molar-refractivity contribution in [2.45, 2.75) is 59.3 Å². The largest absolute Gasteiger partial charge is 0.391 e. The Balaban J connectivity index is 4.42. The van der Waals surface area contributed by atoms with Gasteiger partial charge in [0.2, 0.25) is 0 Å². The van der Waals surface area contributed by atoms with Crippen LogP contribution < -0.4 is 0 Å². The number of hydrogen-bond donors (Lipinski definition) is 0. The molecule has 0 rings (SSSR count). The molecule has 0 bridgehead atoms. The van der Waals surface area contributed by atoms with Crippen molar-refractivity contribution in [3.05, 3.63) is 0 Å². The summed E-state index contributed by atoms with van der Waals surface area (Å²) >= 11 is 6.00. The third-order valence-corrected chi connectivity index (χ3v) is 6.43. The van der Waals surface area contributed by atoms with Crippen molar-refractivity contribution in [2.75, 3.05) is 5.50 Å². The summed E-state index contributed by atoms with van der Waals surface area (Å²) in [5.74, 6) is 0. The van der Waals surface area contributed by atoms with E-state index in [0.29, 0.717) is 5.50 Å². The summed E-state index contributed by atoms with van der Waals surface area (Å²) in [6.45, 7) is 10.3. The van der Waals surface area contributed by atoms with Gasteiger partial charge in [-0.2, -0.15) is 0 Å². The molecule has 0 fully saturated rings. The Hall–Kier alpha value is 0.427. The molecule has 86 valence electrons. The van der Waals surface area contributed by atoms with Gasteiger partial charge in [-0.15, -0.1) is 11.6 Å². The van der Waals surface area contributed by atoms with Gasteiger partial charge in [0.25, 0.3) is 0 Å². The van der Waals surface area contributed by atoms with Gasteiger partial charge in [0.1, 0.15) is 0 Å². The molecular formula is C10H23ClO2Si. The standard InChI is InChI=1S/C10H23ClO2Si/c1-6-7-14(8-11,12-9(2)3)13-10(4)5/h9-10H,6-8H2,1-5H3. The molecule has 0 aliphatic rings. The fourth-order valence-corrected chi connectivity index (χ4v) is 5.33. The lowest BCUT2D eigenvalue weighted by atomic mass is 10.5. The van der Waals surface area contributed by atoms with E-state index in [-0.39, 0.29) is 12.2 Å². The molecule has 0 aliphatic carbocycles. The van der Waals surface area contributed by atoms with E-state index in [1.165, 1.54) is 0 Å². The summed E-state index contributed by atoms with van der Waals surface area (Å²) in [5.41, 5.74) is 0.525. The van der Waals surface area contributed by atoms with Gasteiger partial charge in [0.05, 0.1) is 5.50 Å². The van der Waals surface area contributed by atoms with E-state index in [2.05, 4.69) is 6.92 Å². The van der Waals surface area contributed by atoms with E-state index in [1.54, 1.807) is 0 Å². The zero-order valence-corrected chi connectivity index (χ0v) is 11.7. The summed E-state index contributed by atoms with van der Waals surface area (Å²) in [4.78, 5) is 0. The molecule has 0 aromatic carbocycles. The molecule has 0 aromatic heterocycles. The molecule has 0 atom stereocenters. The highest BCUT2D eigenvalue weighted by Gasteiger charge is 2.37. The van der Waals surface area contributed by atoms with Gasteiger partial charge in [0, 0.05) is 12.2 Å². The monoisotopic (exact) mass is 238 g/mol. The van der Waals surface area contributed by atoms with E-state index in [1.807, 2.05) is 27.7 Å². The van der Waals surface area contributed by atoms with Crippen LogP contribution in [0.25, 0.3) is 0 Å². The SMILES string of the molecule is CCC[Si](CCl)(OC(C)C)OC(C)C. The van der Waals surface area contributed by atoms with Crippen molar-refractivity contribution in [1.29, 1.82) is 0 Å². The third kappa shape index (κ3) is 5.34. The number of alkyl halides is 1. The number of halogens is 1. The van der Waals surface area contributed by atoms with Gasteiger partial charge >= 0.3 is 8.56 Å². The van der Waals surface area contributed by atoms with E-state index < -0.39 is 8.56 Å². The highest BCUT2D eigenvalue weighted by molar-refractivity contribution is 6.74. The van der Waals surface area contributed by atoms with Crippen molar-refractivity contribution in [3.8, 4) is 0 Å². The molecule has 0 heterocycles. The Morgan fingerprint density at radius 2 is 1.50 bits per heavy atom. The molecular weight excluding hydrogens is 216 g/mol. The lowest BCUT2D eigenvalue weighted by Gasteiger charge is -2.32. The first-order chi connectivity index (χ1) is 6.45. The van der Waals surface area contributed by atoms with Crippen molar-refractivity contribution in [3.63, 3.8) is 0 Å². The van der Waals surface area contributed by atoms with Gasteiger partial charge in [-0.05, 0) is 33.7 Å². The van der Waals surface area contributed by atoms with Crippen LogP contribution in [-0.2, 0) is 8.85 Å². The minimum Gasteiger partial charge on any atom is -0.391 e. The first-order valence-corrected chi connectivity index (χ1v) is 8.14. The second-order valence-corrected chi connectivity index (χ2v) is 7.99. The first kappa shape index (κ1) is 14.4. The average Bonchev–Trinajstić information content (AvgIpc) is 2.02. The normalized spacial score (nSPS) is 12.9. The topological polar surface area (TPSA) is 18.5 Å². The maximum absolute atomic E-state index is 6.00. The molecule has 4 heteroatoms. The van der Waals surface area contributed by atoms with Crippen LogP contribution in [0.15, 0.2) is 0 Å². The quantitative estimate of drug-likeness (QED) is 0.500. The summed E-state index contributed by atoms with van der Waals surface area (Å²) in [6, 6.07) is 0.979. The zero-order valence-electron chi connectivity index (χ0n) is 9.97. The van der Waals surface area contributed by atoms with Crippen molar-refractivity contribution >= 4 is 20.2 Å². The van der Waals surface area contributed by atoms with Gasteiger partial charge in [0.15, 0.2) is 0 Å². The molecule has 0 aliphatic heterocycles. The Kier molecular flexibility index (Phi) is 7.04. The molecule has 14 heavy (non-hydrogen) atoms. The van der Waals surface area contributed by atoms with Gasteiger partial charge in [-0.3, -0.25) is 0 Å². The fraction of sp³-hybridized carbons (Fsp3) is 1.00. The highest BCUT2D eigenvalue weighted by Crippen LogP contribution is 2.21. The molecule has 0 aromatic rings. The minimum atomic E-state index is -2.13. The zero-order chi connectivity index (χ0) is 11.2. The first-order valence-electron chi connectivity index (χ1n) is 5.37. The third-order valence-electron chi connectivity index (χ3n) is 1.74. The van der Waals surface area contributed by atoms with Crippen molar-refractivity contribution in [2.24, 2.45) is 0 Å². The van der Waals surface area contributed by atoms with E-state index in [0.717, 1.165) is 12.5 Å². The van der Waals surface area contributed by atoms with Crippen LogP contribution in [0, 0.1) is 0 Å². The fourth-order valence-electron chi connectivity index (χ4n) is 1.52. The maximum Gasteiger partial charge on any atom is 0.353 e. The molecule has 2 nitrogen and oxygen atoms in total. The summed E-state index contributed by atoms with van der Waals surface area (Å²) in [6.07, 6.45) is 1.47. The molecule has 0 N–H and O–H groups in total. The van der Waals surface area contributed by atoms with Crippen LogP contribution in [0.1, 0.15) is 41.0 Å². The van der Waals surface area contributed by atoms with Gasteiger partial charge in [-0.25, -0.2) is 0 Å². The number of hydrogen-bond acceptors (Lipinski definition) is 2. The smallest absolute Gasteiger partial charge is 0.353 e. The Morgan fingerprint density at radius 3 is 1.71 bits per heavy atom. The highest BCUT2D eigenvalue weighted by atomic mass is 35.5. The molecule has 0 amide bonds. The maximum atomic E-state index is 6.00. The number of rotatable bonds is 7. The molecule has 0 radical (unpaired) electrons. The summed E-state index contributed by atoms with van der Waals surface area (Å²) in [7, 11) is -2.13. The molecule has 0 saturated heterocycles. The predicted octanol–water partition coefficient (Wildman–Crippen LogP) is 3.47. The predicted molar refractivity (Wildman–Crippen MR) is 64.0 cm³/mol. The Morgan fingerprint density at radius 1 is 1.07 bits per heavy atom. The lowest BCUT2D eigenvalue weighted by Crippen LogP contribution is -2.48. The van der Waals surface area contributed by atoms with Crippen molar-refractivity contribution < 1.29 is 8.85 Å². The minimum absolute atomic E-state index is 0.200. The van der Waals surface area contributed by atoms with Crippen molar-refractivity contribution in [1.82, 2.24) is 0 Å². The summed E-state index contributed by atoms with van der Waals surface area (Å²) in [5, 5.41) is 0. The average molecular weight is 239 g/mol. The van der Waals surface area contributed by atoms with E-state index >= 15 is 0 Å². The molecule has 0 saturated carbocycles. The van der Waals surface area contributed by atoms with Crippen LogP contribution in [0.4, 0.5) is 0 Å². The Bertz CT molecular complexity index is 141. The second kappa shape index (κ2) is 6.83. The Labute approximate surface area is 94.2 Å². The summed E-state index contributed by atoms with van der Waals surface area (Å²) < 4.78 is 11.8. The van der Waals surface area contributed by atoms with Crippen LogP contribution in [0.2, 0.25) is 6.04 Å². The van der Waals surface area contributed by atoms with Crippen LogP contribution in [0.5, 0.6) is 0 Å². The second-order valence-electron chi connectivity index (χ2n) is 4.13.